The van der Waals surface area contributed by atoms with Crippen LogP contribution < -0.4 is 10.6 Å². The standard InChI is InChI=1S/C12H22N2O2S/c1-12(4-5-17(15,16)8-12)13-7-9-6-10-2-3-11(9)14-10/h9-11,13-14H,2-8H2,1H3. The van der Waals surface area contributed by atoms with Crippen LogP contribution in [0.2, 0.25) is 0 Å². The van der Waals surface area contributed by atoms with Crippen LogP contribution in [0.15, 0.2) is 0 Å². The Labute approximate surface area is 103 Å². The molecule has 3 heterocycles. The zero-order chi connectivity index (χ0) is 12.1. The van der Waals surface area contributed by atoms with E-state index in [1.807, 2.05) is 0 Å². The molecule has 0 aromatic heterocycles. The highest BCUT2D eigenvalue weighted by molar-refractivity contribution is 7.91. The summed E-state index contributed by atoms with van der Waals surface area (Å²) in [5, 5.41) is 7.15. The van der Waals surface area contributed by atoms with Crippen LogP contribution in [0.1, 0.15) is 32.6 Å². The predicted molar refractivity (Wildman–Crippen MR) is 67.7 cm³/mol. The molecule has 2 bridgehead atoms. The van der Waals surface area contributed by atoms with Crippen LogP contribution in [0.5, 0.6) is 0 Å². The average Bonchev–Trinajstić information content (AvgIpc) is 2.90. The SMILES string of the molecule is CC1(NCC2CC3CCC2N3)CCS(=O)(=O)C1. The molecule has 0 radical (unpaired) electrons. The molecule has 0 aliphatic carbocycles. The van der Waals surface area contributed by atoms with Gasteiger partial charge in [0.25, 0.3) is 0 Å². The molecule has 5 heteroatoms. The highest BCUT2D eigenvalue weighted by Gasteiger charge is 2.42. The van der Waals surface area contributed by atoms with Gasteiger partial charge in [-0.2, -0.15) is 0 Å². The van der Waals surface area contributed by atoms with E-state index in [1.54, 1.807) is 0 Å². The minimum atomic E-state index is -2.79. The van der Waals surface area contributed by atoms with Crippen molar-refractivity contribution in [2.45, 2.75) is 50.2 Å². The Kier molecular flexibility index (Phi) is 2.76. The van der Waals surface area contributed by atoms with Crippen molar-refractivity contribution in [3.63, 3.8) is 0 Å². The van der Waals surface area contributed by atoms with Crippen LogP contribution in [-0.4, -0.2) is 44.1 Å². The van der Waals surface area contributed by atoms with Gasteiger partial charge in [-0.15, -0.1) is 0 Å². The molecule has 0 aromatic carbocycles. The van der Waals surface area contributed by atoms with Crippen molar-refractivity contribution < 1.29 is 8.42 Å². The van der Waals surface area contributed by atoms with Crippen LogP contribution in [0.3, 0.4) is 0 Å². The first-order valence-electron chi connectivity index (χ1n) is 6.67. The third kappa shape index (κ3) is 2.37. The lowest BCUT2D eigenvalue weighted by molar-refractivity contribution is 0.318. The fraction of sp³-hybridized carbons (Fsp3) is 1.00. The molecular weight excluding hydrogens is 236 g/mol. The molecular formula is C12H22N2O2S. The molecule has 3 rings (SSSR count). The van der Waals surface area contributed by atoms with Crippen LogP contribution in [-0.2, 0) is 9.84 Å². The van der Waals surface area contributed by atoms with E-state index in [0.29, 0.717) is 23.5 Å². The highest BCUT2D eigenvalue weighted by atomic mass is 32.2. The summed E-state index contributed by atoms with van der Waals surface area (Å²) in [4.78, 5) is 0. The second kappa shape index (κ2) is 3.93. The summed E-state index contributed by atoms with van der Waals surface area (Å²) in [5.74, 6) is 1.37. The van der Waals surface area contributed by atoms with E-state index in [9.17, 15) is 8.42 Å². The molecule has 98 valence electrons. The molecule has 0 saturated carbocycles. The molecule has 0 amide bonds. The van der Waals surface area contributed by atoms with Gasteiger partial charge in [-0.1, -0.05) is 0 Å². The summed E-state index contributed by atoms with van der Waals surface area (Å²) in [5.41, 5.74) is -0.180. The Morgan fingerprint density at radius 1 is 1.41 bits per heavy atom. The van der Waals surface area contributed by atoms with Gasteiger partial charge in [0.05, 0.1) is 11.5 Å². The van der Waals surface area contributed by atoms with Gasteiger partial charge in [-0.3, -0.25) is 0 Å². The van der Waals surface area contributed by atoms with Crippen molar-refractivity contribution in [1.82, 2.24) is 10.6 Å². The molecule has 4 atom stereocenters. The van der Waals surface area contributed by atoms with Crippen LogP contribution in [0.4, 0.5) is 0 Å². The van der Waals surface area contributed by atoms with Gasteiger partial charge in [-0.25, -0.2) is 8.42 Å². The van der Waals surface area contributed by atoms with Crippen LogP contribution in [0.25, 0.3) is 0 Å². The number of hydrogen-bond acceptors (Lipinski definition) is 4. The van der Waals surface area contributed by atoms with Crippen molar-refractivity contribution in [2.24, 2.45) is 5.92 Å². The minimum Gasteiger partial charge on any atom is -0.311 e. The second-order valence-electron chi connectivity index (χ2n) is 6.33. The number of sulfone groups is 1. The number of nitrogens with one attached hydrogen (secondary N) is 2. The Morgan fingerprint density at radius 2 is 2.24 bits per heavy atom. The minimum absolute atomic E-state index is 0.180. The largest absolute Gasteiger partial charge is 0.311 e. The highest BCUT2D eigenvalue weighted by Crippen LogP contribution is 2.33. The average molecular weight is 258 g/mol. The summed E-state index contributed by atoms with van der Waals surface area (Å²) in [6, 6.07) is 1.40. The first-order chi connectivity index (χ1) is 7.96. The van der Waals surface area contributed by atoms with E-state index < -0.39 is 9.84 Å². The molecule has 3 aliphatic heterocycles. The second-order valence-corrected chi connectivity index (χ2v) is 8.51. The summed E-state index contributed by atoms with van der Waals surface area (Å²) in [6.07, 6.45) is 4.66. The topological polar surface area (TPSA) is 58.2 Å². The molecule has 0 aromatic rings. The number of fused-ring (bicyclic) bond motifs is 2. The molecule has 4 unspecified atom stereocenters. The Bertz CT molecular complexity index is 409. The maximum absolute atomic E-state index is 11.5. The van der Waals surface area contributed by atoms with Gasteiger partial charge in [0.1, 0.15) is 0 Å². The van der Waals surface area contributed by atoms with Crippen molar-refractivity contribution >= 4 is 9.84 Å². The Morgan fingerprint density at radius 3 is 2.76 bits per heavy atom. The maximum Gasteiger partial charge on any atom is 0.152 e. The fourth-order valence-corrected chi connectivity index (χ4v) is 5.81. The smallest absolute Gasteiger partial charge is 0.152 e. The number of hydrogen-bond donors (Lipinski definition) is 2. The van der Waals surface area contributed by atoms with E-state index in [0.717, 1.165) is 19.0 Å². The summed E-state index contributed by atoms with van der Waals surface area (Å²) < 4.78 is 23.0. The van der Waals surface area contributed by atoms with Crippen molar-refractivity contribution in [3.8, 4) is 0 Å². The number of rotatable bonds is 3. The quantitative estimate of drug-likeness (QED) is 0.764. The van der Waals surface area contributed by atoms with Crippen LogP contribution >= 0.6 is 0 Å². The third-order valence-electron chi connectivity index (χ3n) is 4.73. The first kappa shape index (κ1) is 11.9. The van der Waals surface area contributed by atoms with E-state index >= 15 is 0 Å². The van der Waals surface area contributed by atoms with Gasteiger partial charge in [0.2, 0.25) is 0 Å². The van der Waals surface area contributed by atoms with Gasteiger partial charge < -0.3 is 10.6 Å². The van der Waals surface area contributed by atoms with Gasteiger partial charge >= 0.3 is 0 Å². The summed E-state index contributed by atoms with van der Waals surface area (Å²) in [6.45, 7) is 3.03. The van der Waals surface area contributed by atoms with Gasteiger partial charge in [0, 0.05) is 24.2 Å². The molecule has 3 fully saturated rings. The van der Waals surface area contributed by atoms with Crippen molar-refractivity contribution in [3.05, 3.63) is 0 Å². The monoisotopic (exact) mass is 258 g/mol. The lowest BCUT2D eigenvalue weighted by Gasteiger charge is -2.28. The molecule has 2 N–H and O–H groups in total. The lowest BCUT2D eigenvalue weighted by atomic mass is 9.88. The summed E-state index contributed by atoms with van der Waals surface area (Å²) >= 11 is 0. The third-order valence-corrected chi connectivity index (χ3v) is 6.63. The van der Waals surface area contributed by atoms with Crippen molar-refractivity contribution in [1.29, 1.82) is 0 Å². The first-order valence-corrected chi connectivity index (χ1v) is 8.49. The molecule has 17 heavy (non-hydrogen) atoms. The van der Waals surface area contributed by atoms with Crippen molar-refractivity contribution in [2.75, 3.05) is 18.1 Å². The van der Waals surface area contributed by atoms with E-state index in [1.165, 1.54) is 19.3 Å². The molecule has 0 spiro atoms. The molecule has 3 aliphatic rings. The zero-order valence-corrected chi connectivity index (χ0v) is 11.2. The van der Waals surface area contributed by atoms with E-state index in [-0.39, 0.29) is 5.54 Å². The van der Waals surface area contributed by atoms with Crippen LogP contribution in [0, 0.1) is 5.92 Å². The van der Waals surface area contributed by atoms with Gasteiger partial charge in [-0.05, 0) is 38.5 Å². The maximum atomic E-state index is 11.5. The van der Waals surface area contributed by atoms with E-state index in [2.05, 4.69) is 17.6 Å². The van der Waals surface area contributed by atoms with Gasteiger partial charge in [0.15, 0.2) is 9.84 Å². The van der Waals surface area contributed by atoms with E-state index in [4.69, 9.17) is 0 Å². The Balaban J connectivity index is 1.55. The Hall–Kier alpha value is -0.130. The normalized spacial score (nSPS) is 47.7. The molecule has 4 nitrogen and oxygen atoms in total. The zero-order valence-electron chi connectivity index (χ0n) is 10.4. The fourth-order valence-electron chi connectivity index (χ4n) is 3.69. The lowest BCUT2D eigenvalue weighted by Crippen LogP contribution is -2.47. The summed E-state index contributed by atoms with van der Waals surface area (Å²) in [7, 11) is -2.79. The molecule has 3 saturated heterocycles. The predicted octanol–water partition coefficient (Wildman–Crippen LogP) is 0.294.